The zero-order valence-electron chi connectivity index (χ0n) is 14.7. The minimum absolute atomic E-state index is 0.277. The normalized spacial score (nSPS) is 12.0. The van der Waals surface area contributed by atoms with E-state index in [2.05, 4.69) is 4.98 Å². The van der Waals surface area contributed by atoms with Gasteiger partial charge in [-0.1, -0.05) is 12.1 Å². The Labute approximate surface area is 150 Å². The average molecular weight is 356 g/mol. The maximum atomic E-state index is 13.5. The largest absolute Gasteiger partial charge is 0.497 e. The van der Waals surface area contributed by atoms with E-state index < -0.39 is 17.7 Å². The van der Waals surface area contributed by atoms with Crippen LogP contribution in [0.25, 0.3) is 10.9 Å². The first-order valence-corrected chi connectivity index (χ1v) is 8.07. The quantitative estimate of drug-likeness (QED) is 0.698. The number of hydrogen-bond donors (Lipinski definition) is 0. The highest BCUT2D eigenvalue weighted by molar-refractivity contribution is 5.95. The Hall–Kier alpha value is -3.02. The highest BCUT2D eigenvalue weighted by Crippen LogP contribution is 2.24. The fourth-order valence-corrected chi connectivity index (χ4v) is 2.70. The fourth-order valence-electron chi connectivity index (χ4n) is 2.70. The number of carbonyl (C=O) groups is 1. The second-order valence-corrected chi connectivity index (χ2v) is 6.02. The van der Waals surface area contributed by atoms with E-state index in [0.717, 1.165) is 17.5 Å². The molecule has 4 nitrogen and oxygen atoms in total. The van der Waals surface area contributed by atoms with E-state index in [0.29, 0.717) is 16.8 Å². The first kappa shape index (κ1) is 17.8. The smallest absolute Gasteiger partial charge is 0.272 e. The lowest BCUT2D eigenvalue weighted by Gasteiger charge is -2.25. The first-order chi connectivity index (χ1) is 12.4. The lowest BCUT2D eigenvalue weighted by atomic mass is 10.1. The maximum Gasteiger partial charge on any atom is 0.272 e. The van der Waals surface area contributed by atoms with Crippen LogP contribution in [0.4, 0.5) is 8.78 Å². The number of nitrogens with zero attached hydrogens (tertiary/aromatic N) is 2. The van der Waals surface area contributed by atoms with Crippen molar-refractivity contribution in [2.45, 2.75) is 13.0 Å². The van der Waals surface area contributed by atoms with Crippen molar-refractivity contribution in [1.29, 1.82) is 0 Å². The first-order valence-electron chi connectivity index (χ1n) is 8.07. The van der Waals surface area contributed by atoms with Crippen LogP contribution in [0.3, 0.4) is 0 Å². The van der Waals surface area contributed by atoms with Gasteiger partial charge in [0.05, 0.1) is 18.7 Å². The highest BCUT2D eigenvalue weighted by Gasteiger charge is 2.21. The van der Waals surface area contributed by atoms with Crippen molar-refractivity contribution in [2.75, 3.05) is 14.2 Å². The molecule has 1 amide bonds. The monoisotopic (exact) mass is 356 g/mol. The molecule has 1 aromatic heterocycles. The third-order valence-electron chi connectivity index (χ3n) is 4.44. The molecule has 1 atom stereocenters. The topological polar surface area (TPSA) is 42.4 Å². The van der Waals surface area contributed by atoms with E-state index in [1.165, 1.54) is 11.0 Å². The Balaban J connectivity index is 1.87. The molecule has 0 bridgehead atoms. The molecule has 1 unspecified atom stereocenters. The number of rotatable bonds is 4. The van der Waals surface area contributed by atoms with Crippen molar-refractivity contribution in [3.05, 3.63) is 71.4 Å². The molecule has 3 rings (SSSR count). The summed E-state index contributed by atoms with van der Waals surface area (Å²) in [6.07, 6.45) is 0. The minimum atomic E-state index is -0.937. The summed E-state index contributed by atoms with van der Waals surface area (Å²) in [5.41, 5.74) is 1.45. The van der Waals surface area contributed by atoms with Gasteiger partial charge in [-0.3, -0.25) is 4.79 Å². The van der Waals surface area contributed by atoms with Crippen LogP contribution >= 0.6 is 0 Å². The second kappa shape index (κ2) is 7.07. The van der Waals surface area contributed by atoms with Crippen molar-refractivity contribution in [2.24, 2.45) is 0 Å². The van der Waals surface area contributed by atoms with Crippen LogP contribution in [-0.2, 0) is 0 Å². The molecule has 0 spiro atoms. The molecular formula is C20H18F2N2O2. The zero-order chi connectivity index (χ0) is 18.8. The van der Waals surface area contributed by atoms with Gasteiger partial charge in [0.2, 0.25) is 0 Å². The number of benzene rings is 2. The van der Waals surface area contributed by atoms with Gasteiger partial charge in [0.1, 0.15) is 11.4 Å². The van der Waals surface area contributed by atoms with Gasteiger partial charge in [-0.2, -0.15) is 0 Å². The molecule has 2 aromatic carbocycles. The van der Waals surface area contributed by atoms with Gasteiger partial charge in [-0.25, -0.2) is 13.8 Å². The van der Waals surface area contributed by atoms with E-state index in [9.17, 15) is 13.6 Å². The summed E-state index contributed by atoms with van der Waals surface area (Å²) in [6, 6.07) is 12.0. The standard InChI is InChI=1S/C20H18F2N2O2/c1-12(13-4-7-16(21)17(22)11-13)24(2)20(25)19-8-5-14-10-15(26-3)6-9-18(14)23-19/h4-12H,1-3H3. The Morgan fingerprint density at radius 1 is 1.08 bits per heavy atom. The molecule has 0 saturated carbocycles. The molecule has 0 aliphatic carbocycles. The summed E-state index contributed by atoms with van der Waals surface area (Å²) >= 11 is 0. The summed E-state index contributed by atoms with van der Waals surface area (Å²) < 4.78 is 31.8. The number of carbonyl (C=O) groups excluding carboxylic acids is 1. The SMILES string of the molecule is COc1ccc2nc(C(=O)N(C)C(C)c3ccc(F)c(F)c3)ccc2c1. The van der Waals surface area contributed by atoms with Crippen LogP contribution in [0, 0.1) is 11.6 Å². The lowest BCUT2D eigenvalue weighted by molar-refractivity contribution is 0.0737. The number of ether oxygens (including phenoxy) is 1. The average Bonchev–Trinajstić information content (AvgIpc) is 2.67. The second-order valence-electron chi connectivity index (χ2n) is 6.02. The predicted molar refractivity (Wildman–Crippen MR) is 95.2 cm³/mol. The molecule has 0 N–H and O–H groups in total. The van der Waals surface area contributed by atoms with Gasteiger partial charge in [-0.15, -0.1) is 0 Å². The molecule has 0 radical (unpaired) electrons. The van der Waals surface area contributed by atoms with E-state index >= 15 is 0 Å². The molecule has 134 valence electrons. The molecule has 6 heteroatoms. The van der Waals surface area contributed by atoms with Crippen molar-refractivity contribution in [3.8, 4) is 5.75 Å². The lowest BCUT2D eigenvalue weighted by Crippen LogP contribution is -2.30. The fraction of sp³-hybridized carbons (Fsp3) is 0.200. The molecule has 0 aliphatic heterocycles. The van der Waals surface area contributed by atoms with Crippen molar-refractivity contribution >= 4 is 16.8 Å². The van der Waals surface area contributed by atoms with Gasteiger partial charge in [0.15, 0.2) is 11.6 Å². The molecule has 1 heterocycles. The molecule has 26 heavy (non-hydrogen) atoms. The Kier molecular flexibility index (Phi) is 4.84. The highest BCUT2D eigenvalue weighted by atomic mass is 19.2. The Bertz CT molecular complexity index is 975. The third-order valence-corrected chi connectivity index (χ3v) is 4.44. The molecule has 0 aliphatic rings. The van der Waals surface area contributed by atoms with Gasteiger partial charge in [-0.05, 0) is 48.9 Å². The predicted octanol–water partition coefficient (Wildman–Crippen LogP) is 4.35. The Morgan fingerprint density at radius 3 is 2.54 bits per heavy atom. The third kappa shape index (κ3) is 3.35. The summed E-state index contributed by atoms with van der Waals surface area (Å²) in [6.45, 7) is 1.75. The van der Waals surface area contributed by atoms with E-state index in [-0.39, 0.29) is 11.6 Å². The Morgan fingerprint density at radius 2 is 1.85 bits per heavy atom. The maximum absolute atomic E-state index is 13.5. The van der Waals surface area contributed by atoms with Gasteiger partial charge in [0, 0.05) is 12.4 Å². The summed E-state index contributed by atoms with van der Waals surface area (Å²) in [4.78, 5) is 18.6. The van der Waals surface area contributed by atoms with Crippen LogP contribution in [0.2, 0.25) is 0 Å². The van der Waals surface area contributed by atoms with Crippen LogP contribution < -0.4 is 4.74 Å². The number of pyridine rings is 1. The van der Waals surface area contributed by atoms with Crippen LogP contribution in [-0.4, -0.2) is 29.9 Å². The number of halogens is 2. The molecule has 0 fully saturated rings. The van der Waals surface area contributed by atoms with Crippen molar-refractivity contribution < 1.29 is 18.3 Å². The van der Waals surface area contributed by atoms with Crippen LogP contribution in [0.1, 0.15) is 29.0 Å². The summed E-state index contributed by atoms with van der Waals surface area (Å²) in [7, 11) is 3.19. The number of hydrogen-bond acceptors (Lipinski definition) is 3. The molecule has 3 aromatic rings. The van der Waals surface area contributed by atoms with E-state index in [1.807, 2.05) is 6.07 Å². The minimum Gasteiger partial charge on any atom is -0.497 e. The van der Waals surface area contributed by atoms with Crippen LogP contribution in [0.15, 0.2) is 48.5 Å². The van der Waals surface area contributed by atoms with Crippen molar-refractivity contribution in [3.63, 3.8) is 0 Å². The van der Waals surface area contributed by atoms with E-state index in [4.69, 9.17) is 4.74 Å². The van der Waals surface area contributed by atoms with Gasteiger partial charge >= 0.3 is 0 Å². The molecule has 0 saturated heterocycles. The number of aromatic nitrogens is 1. The van der Waals surface area contributed by atoms with Crippen LogP contribution in [0.5, 0.6) is 5.75 Å². The number of fused-ring (bicyclic) bond motifs is 1. The van der Waals surface area contributed by atoms with Gasteiger partial charge in [0.25, 0.3) is 5.91 Å². The number of methoxy groups -OCH3 is 1. The van der Waals surface area contributed by atoms with E-state index in [1.54, 1.807) is 45.3 Å². The van der Waals surface area contributed by atoms with Crippen molar-refractivity contribution in [1.82, 2.24) is 9.88 Å². The molecular weight excluding hydrogens is 338 g/mol. The zero-order valence-corrected chi connectivity index (χ0v) is 14.7. The van der Waals surface area contributed by atoms with Gasteiger partial charge < -0.3 is 9.64 Å². The summed E-state index contributed by atoms with van der Waals surface area (Å²) in [5.74, 6) is -1.45. The number of amides is 1. The summed E-state index contributed by atoms with van der Waals surface area (Å²) in [5, 5.41) is 0.859.